The average Bonchev–Trinajstić information content (AvgIpc) is 2.56. The van der Waals surface area contributed by atoms with E-state index in [1.54, 1.807) is 18.3 Å². The predicted octanol–water partition coefficient (Wildman–Crippen LogP) is 3.74. The smallest absolute Gasteiger partial charge is 0.174 e. The fraction of sp³-hybridized carbons (Fsp3) is 0. The minimum absolute atomic E-state index is 0.274. The fourth-order valence-electron chi connectivity index (χ4n) is 1.14. The molecule has 0 atom stereocenters. The SMILES string of the molecule is Fc1ccc(Br)cc1-c1cnc(Br)[nH]1. The summed E-state index contributed by atoms with van der Waals surface area (Å²) in [5.74, 6) is -0.274. The van der Waals surface area contributed by atoms with E-state index < -0.39 is 0 Å². The van der Waals surface area contributed by atoms with E-state index in [1.165, 1.54) is 6.07 Å². The van der Waals surface area contributed by atoms with Gasteiger partial charge in [-0.3, -0.25) is 0 Å². The van der Waals surface area contributed by atoms with Crippen LogP contribution in [-0.2, 0) is 0 Å². The van der Waals surface area contributed by atoms with E-state index in [4.69, 9.17) is 0 Å². The van der Waals surface area contributed by atoms with Crippen molar-refractivity contribution in [2.24, 2.45) is 0 Å². The Labute approximate surface area is 96.8 Å². The highest BCUT2D eigenvalue weighted by Gasteiger charge is 2.07. The van der Waals surface area contributed by atoms with Crippen LogP contribution in [0.15, 0.2) is 33.6 Å². The van der Waals surface area contributed by atoms with Crippen LogP contribution in [0.4, 0.5) is 4.39 Å². The fourth-order valence-corrected chi connectivity index (χ4v) is 1.81. The summed E-state index contributed by atoms with van der Waals surface area (Å²) in [4.78, 5) is 6.85. The summed E-state index contributed by atoms with van der Waals surface area (Å²) in [6, 6.07) is 4.77. The van der Waals surface area contributed by atoms with Gasteiger partial charge in [0.2, 0.25) is 0 Å². The van der Waals surface area contributed by atoms with Gasteiger partial charge in [-0.15, -0.1) is 0 Å². The molecule has 0 saturated heterocycles. The summed E-state index contributed by atoms with van der Waals surface area (Å²) < 4.78 is 14.8. The van der Waals surface area contributed by atoms with Crippen molar-refractivity contribution in [3.63, 3.8) is 0 Å². The molecular formula is C9H5Br2FN2. The summed E-state index contributed by atoms with van der Waals surface area (Å²) in [5.41, 5.74) is 1.15. The number of rotatable bonds is 1. The van der Waals surface area contributed by atoms with Gasteiger partial charge in [-0.05, 0) is 34.1 Å². The van der Waals surface area contributed by atoms with Crippen molar-refractivity contribution in [3.8, 4) is 11.3 Å². The quantitative estimate of drug-likeness (QED) is 0.852. The molecule has 5 heteroatoms. The summed E-state index contributed by atoms with van der Waals surface area (Å²) in [5, 5.41) is 0. The lowest BCUT2D eigenvalue weighted by Crippen LogP contribution is -1.83. The summed E-state index contributed by atoms with van der Waals surface area (Å²) in [7, 11) is 0. The first-order chi connectivity index (χ1) is 6.66. The van der Waals surface area contributed by atoms with Crippen LogP contribution < -0.4 is 0 Å². The topological polar surface area (TPSA) is 28.7 Å². The maximum absolute atomic E-state index is 13.4. The zero-order chi connectivity index (χ0) is 10.1. The largest absolute Gasteiger partial charge is 0.332 e. The van der Waals surface area contributed by atoms with Gasteiger partial charge in [-0.1, -0.05) is 15.9 Å². The van der Waals surface area contributed by atoms with Gasteiger partial charge in [0.05, 0.1) is 11.9 Å². The Morgan fingerprint density at radius 1 is 1.29 bits per heavy atom. The molecule has 0 spiro atoms. The molecule has 0 radical (unpaired) electrons. The molecular weight excluding hydrogens is 315 g/mol. The van der Waals surface area contributed by atoms with E-state index in [2.05, 4.69) is 41.8 Å². The Morgan fingerprint density at radius 2 is 2.07 bits per heavy atom. The standard InChI is InChI=1S/C9H5Br2FN2/c10-5-1-2-7(12)6(3-5)8-4-13-9(11)14-8/h1-4H,(H,13,14). The number of hydrogen-bond acceptors (Lipinski definition) is 1. The second-order valence-electron chi connectivity index (χ2n) is 2.71. The third-order valence-corrected chi connectivity index (χ3v) is 2.66. The molecule has 14 heavy (non-hydrogen) atoms. The number of H-pyrrole nitrogens is 1. The Hall–Kier alpha value is -0.680. The third-order valence-electron chi connectivity index (χ3n) is 1.76. The van der Waals surface area contributed by atoms with Crippen molar-refractivity contribution in [1.82, 2.24) is 9.97 Å². The maximum Gasteiger partial charge on any atom is 0.174 e. The zero-order valence-electron chi connectivity index (χ0n) is 6.89. The minimum atomic E-state index is -0.274. The molecule has 2 aromatic rings. The summed E-state index contributed by atoms with van der Waals surface area (Å²) >= 11 is 6.46. The second kappa shape index (κ2) is 3.82. The molecule has 0 bridgehead atoms. The number of halogens is 3. The molecule has 0 saturated carbocycles. The van der Waals surface area contributed by atoms with Crippen molar-refractivity contribution in [2.75, 3.05) is 0 Å². The van der Waals surface area contributed by atoms with Crippen molar-refractivity contribution in [2.45, 2.75) is 0 Å². The lowest BCUT2D eigenvalue weighted by molar-refractivity contribution is 0.630. The maximum atomic E-state index is 13.4. The molecule has 0 aliphatic carbocycles. The van der Waals surface area contributed by atoms with Gasteiger partial charge < -0.3 is 4.98 Å². The van der Waals surface area contributed by atoms with Crippen molar-refractivity contribution >= 4 is 31.9 Å². The van der Waals surface area contributed by atoms with Gasteiger partial charge in [-0.2, -0.15) is 0 Å². The van der Waals surface area contributed by atoms with E-state index >= 15 is 0 Å². The Balaban J connectivity index is 2.55. The Morgan fingerprint density at radius 3 is 2.71 bits per heavy atom. The van der Waals surface area contributed by atoms with E-state index in [0.717, 1.165) is 4.47 Å². The highest BCUT2D eigenvalue weighted by molar-refractivity contribution is 9.10. The van der Waals surface area contributed by atoms with Gasteiger partial charge in [-0.25, -0.2) is 9.37 Å². The van der Waals surface area contributed by atoms with E-state index in [-0.39, 0.29) is 5.82 Å². The first kappa shape index (κ1) is 9.86. The number of aromatic amines is 1. The molecule has 72 valence electrons. The highest BCUT2D eigenvalue weighted by Crippen LogP contribution is 2.25. The van der Waals surface area contributed by atoms with Crippen molar-refractivity contribution < 1.29 is 4.39 Å². The number of imidazole rings is 1. The zero-order valence-corrected chi connectivity index (χ0v) is 10.1. The molecule has 0 aliphatic heterocycles. The second-order valence-corrected chi connectivity index (χ2v) is 4.38. The van der Waals surface area contributed by atoms with Gasteiger partial charge >= 0.3 is 0 Å². The minimum Gasteiger partial charge on any atom is -0.332 e. The monoisotopic (exact) mass is 318 g/mol. The number of nitrogens with zero attached hydrogens (tertiary/aromatic N) is 1. The van der Waals surface area contributed by atoms with Crippen LogP contribution >= 0.6 is 31.9 Å². The molecule has 1 heterocycles. The van der Waals surface area contributed by atoms with Gasteiger partial charge in [0, 0.05) is 10.0 Å². The molecule has 1 N–H and O–H groups in total. The van der Waals surface area contributed by atoms with Crippen LogP contribution in [0.1, 0.15) is 0 Å². The molecule has 1 aromatic heterocycles. The molecule has 2 nitrogen and oxygen atoms in total. The van der Waals surface area contributed by atoms with Crippen LogP contribution in [0.3, 0.4) is 0 Å². The van der Waals surface area contributed by atoms with Gasteiger partial charge in [0.1, 0.15) is 5.82 Å². The number of aromatic nitrogens is 2. The lowest BCUT2D eigenvalue weighted by Gasteiger charge is -2.00. The van der Waals surface area contributed by atoms with E-state index in [0.29, 0.717) is 16.0 Å². The van der Waals surface area contributed by atoms with Gasteiger partial charge in [0.25, 0.3) is 0 Å². The van der Waals surface area contributed by atoms with E-state index in [9.17, 15) is 4.39 Å². The predicted molar refractivity (Wildman–Crippen MR) is 59.4 cm³/mol. The molecule has 0 aliphatic rings. The number of hydrogen-bond donors (Lipinski definition) is 1. The summed E-state index contributed by atoms with van der Waals surface area (Å²) in [6.07, 6.45) is 1.58. The molecule has 0 unspecified atom stereocenters. The normalized spacial score (nSPS) is 10.5. The Kier molecular flexibility index (Phi) is 2.69. The third kappa shape index (κ3) is 1.88. The van der Waals surface area contributed by atoms with Crippen molar-refractivity contribution in [3.05, 3.63) is 39.4 Å². The van der Waals surface area contributed by atoms with Crippen LogP contribution in [0.25, 0.3) is 11.3 Å². The van der Waals surface area contributed by atoms with Crippen LogP contribution in [0.2, 0.25) is 0 Å². The number of nitrogens with one attached hydrogen (secondary N) is 1. The molecule has 0 fully saturated rings. The number of benzene rings is 1. The van der Waals surface area contributed by atoms with Crippen LogP contribution in [0.5, 0.6) is 0 Å². The van der Waals surface area contributed by atoms with Crippen molar-refractivity contribution in [1.29, 1.82) is 0 Å². The van der Waals surface area contributed by atoms with Crippen LogP contribution in [0, 0.1) is 5.82 Å². The molecule has 2 rings (SSSR count). The molecule has 1 aromatic carbocycles. The average molecular weight is 320 g/mol. The van der Waals surface area contributed by atoms with Gasteiger partial charge in [0.15, 0.2) is 4.73 Å². The molecule has 0 amide bonds. The van der Waals surface area contributed by atoms with E-state index in [1.807, 2.05) is 0 Å². The lowest BCUT2D eigenvalue weighted by atomic mass is 10.1. The first-order valence-electron chi connectivity index (χ1n) is 3.83. The summed E-state index contributed by atoms with van der Waals surface area (Å²) in [6.45, 7) is 0. The Bertz CT molecular complexity index is 468. The first-order valence-corrected chi connectivity index (χ1v) is 5.41. The van der Waals surface area contributed by atoms with Crippen LogP contribution in [-0.4, -0.2) is 9.97 Å². The highest BCUT2D eigenvalue weighted by atomic mass is 79.9.